The molecule has 2 nitrogen and oxygen atoms in total. The summed E-state index contributed by atoms with van der Waals surface area (Å²) in [4.78, 5) is 0. The van der Waals surface area contributed by atoms with Crippen molar-refractivity contribution >= 4 is 0 Å². The second kappa shape index (κ2) is 6.95. The van der Waals surface area contributed by atoms with E-state index in [1.54, 1.807) is 12.1 Å². The Morgan fingerprint density at radius 1 is 0.947 bits per heavy atom. The van der Waals surface area contributed by atoms with Crippen LogP contribution >= 0.6 is 0 Å². The van der Waals surface area contributed by atoms with Crippen molar-refractivity contribution < 1.29 is 5.11 Å². The van der Waals surface area contributed by atoms with Gasteiger partial charge in [0, 0.05) is 12.6 Å². The van der Waals surface area contributed by atoms with Gasteiger partial charge in [-0.05, 0) is 36.1 Å². The van der Waals surface area contributed by atoms with Crippen LogP contribution in [0.3, 0.4) is 0 Å². The predicted molar refractivity (Wildman–Crippen MR) is 79.2 cm³/mol. The zero-order chi connectivity index (χ0) is 13.5. The average Bonchev–Trinajstić information content (AvgIpc) is 2.46. The maximum absolute atomic E-state index is 9.25. The summed E-state index contributed by atoms with van der Waals surface area (Å²) in [6, 6.07) is 18.4. The van der Waals surface area contributed by atoms with Gasteiger partial charge in [-0.2, -0.15) is 0 Å². The van der Waals surface area contributed by atoms with Crippen LogP contribution in [0.25, 0.3) is 0 Å². The lowest BCUT2D eigenvalue weighted by Gasteiger charge is -2.17. The van der Waals surface area contributed by atoms with Crippen LogP contribution in [0.15, 0.2) is 54.6 Å². The van der Waals surface area contributed by atoms with E-state index in [4.69, 9.17) is 0 Å². The van der Waals surface area contributed by atoms with Crippen molar-refractivity contribution in [2.24, 2.45) is 0 Å². The fourth-order valence-corrected chi connectivity index (χ4v) is 2.14. The van der Waals surface area contributed by atoms with Gasteiger partial charge in [-0.15, -0.1) is 0 Å². The molecule has 1 unspecified atom stereocenters. The molecule has 0 saturated heterocycles. The summed E-state index contributed by atoms with van der Waals surface area (Å²) in [6.07, 6.45) is 2.16. The van der Waals surface area contributed by atoms with Gasteiger partial charge in [-0.3, -0.25) is 0 Å². The Bertz CT molecular complexity index is 478. The second-order valence-electron chi connectivity index (χ2n) is 4.84. The number of aromatic hydroxyl groups is 1. The van der Waals surface area contributed by atoms with E-state index in [-0.39, 0.29) is 0 Å². The van der Waals surface area contributed by atoms with E-state index in [0.29, 0.717) is 11.8 Å². The number of phenols is 1. The first-order valence-corrected chi connectivity index (χ1v) is 6.83. The number of benzene rings is 2. The molecule has 0 saturated carbocycles. The molecule has 0 aliphatic heterocycles. The van der Waals surface area contributed by atoms with E-state index in [9.17, 15) is 5.11 Å². The second-order valence-corrected chi connectivity index (χ2v) is 4.84. The van der Waals surface area contributed by atoms with Gasteiger partial charge in [-0.1, -0.05) is 49.4 Å². The summed E-state index contributed by atoms with van der Waals surface area (Å²) in [5.74, 6) is 0.320. The topological polar surface area (TPSA) is 32.3 Å². The molecule has 0 amide bonds. The third kappa shape index (κ3) is 4.42. The Morgan fingerprint density at radius 2 is 1.63 bits per heavy atom. The molecule has 0 aliphatic rings. The Morgan fingerprint density at radius 3 is 2.26 bits per heavy atom. The van der Waals surface area contributed by atoms with Gasteiger partial charge >= 0.3 is 0 Å². The van der Waals surface area contributed by atoms with Gasteiger partial charge in [0.1, 0.15) is 5.75 Å². The SMILES string of the molecule is CCC(Cc1ccccc1)NCc1ccc(O)cc1. The van der Waals surface area contributed by atoms with Crippen molar-refractivity contribution in [1.82, 2.24) is 5.32 Å². The maximum atomic E-state index is 9.25. The summed E-state index contributed by atoms with van der Waals surface area (Å²) in [5.41, 5.74) is 2.57. The van der Waals surface area contributed by atoms with Crippen LogP contribution in [-0.2, 0) is 13.0 Å². The molecule has 0 radical (unpaired) electrons. The number of hydrogen-bond acceptors (Lipinski definition) is 2. The van der Waals surface area contributed by atoms with Crippen molar-refractivity contribution in [3.8, 4) is 5.75 Å². The van der Waals surface area contributed by atoms with Crippen molar-refractivity contribution in [2.75, 3.05) is 0 Å². The quantitative estimate of drug-likeness (QED) is 0.828. The Hall–Kier alpha value is -1.80. The molecule has 100 valence electrons. The molecule has 2 aromatic carbocycles. The number of hydrogen-bond donors (Lipinski definition) is 2. The van der Waals surface area contributed by atoms with Crippen LogP contribution in [-0.4, -0.2) is 11.1 Å². The molecule has 2 heteroatoms. The highest BCUT2D eigenvalue weighted by Crippen LogP contribution is 2.11. The Labute approximate surface area is 115 Å². The Kier molecular flexibility index (Phi) is 4.99. The van der Waals surface area contributed by atoms with Crippen LogP contribution in [0, 0.1) is 0 Å². The highest BCUT2D eigenvalue weighted by molar-refractivity contribution is 5.25. The molecule has 2 aromatic rings. The van der Waals surface area contributed by atoms with Gasteiger partial charge in [0.25, 0.3) is 0 Å². The molecule has 2 N–H and O–H groups in total. The highest BCUT2D eigenvalue weighted by atomic mass is 16.3. The summed E-state index contributed by atoms with van der Waals surface area (Å²) in [5, 5.41) is 12.8. The average molecular weight is 255 g/mol. The molecule has 0 spiro atoms. The summed E-state index contributed by atoms with van der Waals surface area (Å²) < 4.78 is 0. The van der Waals surface area contributed by atoms with Gasteiger partial charge in [0.15, 0.2) is 0 Å². The molecule has 0 heterocycles. The lowest BCUT2D eigenvalue weighted by Crippen LogP contribution is -2.29. The summed E-state index contributed by atoms with van der Waals surface area (Å²) >= 11 is 0. The van der Waals surface area contributed by atoms with E-state index >= 15 is 0 Å². The zero-order valence-corrected chi connectivity index (χ0v) is 11.3. The van der Waals surface area contributed by atoms with Crippen LogP contribution in [0.4, 0.5) is 0 Å². The third-order valence-corrected chi connectivity index (χ3v) is 3.35. The molecule has 0 fully saturated rings. The smallest absolute Gasteiger partial charge is 0.115 e. The minimum absolute atomic E-state index is 0.320. The van der Waals surface area contributed by atoms with E-state index in [1.165, 1.54) is 11.1 Å². The van der Waals surface area contributed by atoms with Crippen LogP contribution < -0.4 is 5.32 Å². The van der Waals surface area contributed by atoms with Gasteiger partial charge in [0.05, 0.1) is 0 Å². The van der Waals surface area contributed by atoms with E-state index in [0.717, 1.165) is 19.4 Å². The van der Waals surface area contributed by atoms with Crippen molar-refractivity contribution in [3.05, 3.63) is 65.7 Å². The fourth-order valence-electron chi connectivity index (χ4n) is 2.14. The molecule has 0 bridgehead atoms. The summed E-state index contributed by atoms with van der Waals surface area (Å²) in [6.45, 7) is 3.04. The van der Waals surface area contributed by atoms with Crippen LogP contribution in [0.2, 0.25) is 0 Å². The molecule has 0 aliphatic carbocycles. The lowest BCUT2D eigenvalue weighted by molar-refractivity contribution is 0.473. The fraction of sp³-hybridized carbons (Fsp3) is 0.294. The van der Waals surface area contributed by atoms with Crippen molar-refractivity contribution in [2.45, 2.75) is 32.4 Å². The maximum Gasteiger partial charge on any atom is 0.115 e. The standard InChI is InChI=1S/C17H21NO/c1-2-16(12-14-6-4-3-5-7-14)18-13-15-8-10-17(19)11-9-15/h3-11,16,18-19H,2,12-13H2,1H3. The van der Waals surface area contributed by atoms with E-state index < -0.39 is 0 Å². The van der Waals surface area contributed by atoms with Crippen molar-refractivity contribution in [1.29, 1.82) is 0 Å². The molecular formula is C17H21NO. The van der Waals surface area contributed by atoms with Crippen molar-refractivity contribution in [3.63, 3.8) is 0 Å². The largest absolute Gasteiger partial charge is 0.508 e. The number of phenolic OH excluding ortho intramolecular Hbond substituents is 1. The first kappa shape index (κ1) is 13.6. The highest BCUT2D eigenvalue weighted by Gasteiger charge is 2.06. The van der Waals surface area contributed by atoms with E-state index in [2.05, 4.69) is 36.5 Å². The monoisotopic (exact) mass is 255 g/mol. The molecule has 0 aromatic heterocycles. The number of nitrogens with one attached hydrogen (secondary N) is 1. The first-order chi connectivity index (χ1) is 9.28. The molecular weight excluding hydrogens is 234 g/mol. The summed E-state index contributed by atoms with van der Waals surface area (Å²) in [7, 11) is 0. The van der Waals surface area contributed by atoms with Gasteiger partial charge in [0.2, 0.25) is 0 Å². The van der Waals surface area contributed by atoms with Crippen LogP contribution in [0.1, 0.15) is 24.5 Å². The minimum atomic E-state index is 0.320. The lowest BCUT2D eigenvalue weighted by atomic mass is 10.0. The molecule has 1 atom stereocenters. The first-order valence-electron chi connectivity index (χ1n) is 6.83. The third-order valence-electron chi connectivity index (χ3n) is 3.35. The zero-order valence-electron chi connectivity index (χ0n) is 11.3. The minimum Gasteiger partial charge on any atom is -0.508 e. The Balaban J connectivity index is 1.87. The van der Waals surface area contributed by atoms with Gasteiger partial charge < -0.3 is 10.4 Å². The molecule has 19 heavy (non-hydrogen) atoms. The molecule has 2 rings (SSSR count). The predicted octanol–water partition coefficient (Wildman–Crippen LogP) is 3.50. The normalized spacial score (nSPS) is 12.3. The van der Waals surface area contributed by atoms with E-state index in [1.807, 2.05) is 18.2 Å². The van der Waals surface area contributed by atoms with Gasteiger partial charge in [-0.25, -0.2) is 0 Å². The number of rotatable bonds is 6. The van der Waals surface area contributed by atoms with Crippen LogP contribution in [0.5, 0.6) is 5.75 Å².